The average Bonchev–Trinajstić information content (AvgIpc) is 2.73. The van der Waals surface area contributed by atoms with Crippen LogP contribution in [0.1, 0.15) is 34.9 Å². The summed E-state index contributed by atoms with van der Waals surface area (Å²) in [6, 6.07) is 11.8. The maximum atomic E-state index is 13.0. The first kappa shape index (κ1) is 22.2. The van der Waals surface area contributed by atoms with Gasteiger partial charge in [0.15, 0.2) is 0 Å². The molecule has 0 bridgehead atoms. The standard InChI is InChI=1S/C25H27N3O3/c1-4-28(24(29)11-19-7-6-18(3)27-14-19)16-22-9-17(2)5-8-23(22)21-10-20(12-25(30)31)13-26-15-21/h5-10,13-15H,4,11-12,16H2,1-3H3,(H,30,31). The van der Waals surface area contributed by atoms with Crippen molar-refractivity contribution in [3.05, 3.63) is 82.9 Å². The molecule has 0 unspecified atom stereocenters. The van der Waals surface area contributed by atoms with Gasteiger partial charge in [0, 0.05) is 42.9 Å². The SMILES string of the molecule is CCN(Cc1cc(C)ccc1-c1cncc(CC(=O)O)c1)C(=O)Cc1ccc(C)nc1. The second kappa shape index (κ2) is 9.98. The molecule has 0 saturated carbocycles. The fraction of sp³-hybridized carbons (Fsp3) is 0.280. The number of hydrogen-bond donors (Lipinski definition) is 1. The van der Waals surface area contributed by atoms with Crippen LogP contribution in [0, 0.1) is 13.8 Å². The molecule has 1 N–H and O–H groups in total. The van der Waals surface area contributed by atoms with Crippen molar-refractivity contribution >= 4 is 11.9 Å². The minimum atomic E-state index is -0.892. The highest BCUT2D eigenvalue weighted by Gasteiger charge is 2.16. The van der Waals surface area contributed by atoms with E-state index >= 15 is 0 Å². The summed E-state index contributed by atoms with van der Waals surface area (Å²) < 4.78 is 0. The lowest BCUT2D eigenvalue weighted by molar-refractivity contribution is -0.136. The van der Waals surface area contributed by atoms with Crippen LogP contribution < -0.4 is 0 Å². The van der Waals surface area contributed by atoms with Gasteiger partial charge >= 0.3 is 5.97 Å². The molecule has 0 aliphatic heterocycles. The summed E-state index contributed by atoms with van der Waals surface area (Å²) in [7, 11) is 0. The van der Waals surface area contributed by atoms with Gasteiger partial charge in [-0.2, -0.15) is 0 Å². The summed E-state index contributed by atoms with van der Waals surface area (Å²) in [4.78, 5) is 34.4. The molecule has 0 saturated heterocycles. The van der Waals surface area contributed by atoms with E-state index in [0.717, 1.165) is 33.5 Å². The van der Waals surface area contributed by atoms with Crippen LogP contribution in [0.15, 0.2) is 55.0 Å². The molecule has 2 aromatic heterocycles. The largest absolute Gasteiger partial charge is 0.481 e. The number of hydrogen-bond acceptors (Lipinski definition) is 4. The first-order valence-corrected chi connectivity index (χ1v) is 10.3. The zero-order valence-electron chi connectivity index (χ0n) is 18.1. The van der Waals surface area contributed by atoms with Gasteiger partial charge in [-0.15, -0.1) is 0 Å². The molecule has 1 amide bonds. The van der Waals surface area contributed by atoms with Crippen LogP contribution in [0.25, 0.3) is 11.1 Å². The van der Waals surface area contributed by atoms with Crippen molar-refractivity contribution in [2.45, 2.75) is 40.2 Å². The van der Waals surface area contributed by atoms with Crippen LogP contribution >= 0.6 is 0 Å². The molecular weight excluding hydrogens is 390 g/mol. The Kier molecular flexibility index (Phi) is 7.13. The van der Waals surface area contributed by atoms with Crippen LogP contribution in [-0.2, 0) is 29.0 Å². The highest BCUT2D eigenvalue weighted by Crippen LogP contribution is 2.26. The Bertz CT molecular complexity index is 1080. The lowest BCUT2D eigenvalue weighted by Crippen LogP contribution is -2.31. The Morgan fingerprint density at radius 3 is 2.45 bits per heavy atom. The van der Waals surface area contributed by atoms with Crippen molar-refractivity contribution < 1.29 is 14.7 Å². The minimum absolute atomic E-state index is 0.0402. The maximum Gasteiger partial charge on any atom is 0.307 e. The molecule has 3 rings (SSSR count). The lowest BCUT2D eigenvalue weighted by atomic mass is 9.97. The normalized spacial score (nSPS) is 10.7. The van der Waals surface area contributed by atoms with Crippen LogP contribution in [0.3, 0.4) is 0 Å². The van der Waals surface area contributed by atoms with Gasteiger partial charge in [0.2, 0.25) is 5.91 Å². The molecule has 0 aliphatic rings. The van der Waals surface area contributed by atoms with E-state index in [1.54, 1.807) is 18.6 Å². The molecule has 160 valence electrons. The van der Waals surface area contributed by atoms with Gasteiger partial charge < -0.3 is 10.0 Å². The van der Waals surface area contributed by atoms with Crippen LogP contribution in [-0.4, -0.2) is 38.4 Å². The predicted molar refractivity (Wildman–Crippen MR) is 120 cm³/mol. The van der Waals surface area contributed by atoms with Crippen LogP contribution in [0.5, 0.6) is 0 Å². The van der Waals surface area contributed by atoms with Crippen molar-refractivity contribution in [1.29, 1.82) is 0 Å². The number of aliphatic carboxylic acids is 1. The Morgan fingerprint density at radius 1 is 0.968 bits per heavy atom. The fourth-order valence-electron chi connectivity index (χ4n) is 3.51. The molecule has 3 aromatic rings. The third kappa shape index (κ3) is 5.98. The highest BCUT2D eigenvalue weighted by molar-refractivity contribution is 5.79. The number of aryl methyl sites for hydroxylation is 2. The van der Waals surface area contributed by atoms with Gasteiger partial charge in [0.25, 0.3) is 0 Å². The number of rotatable bonds is 8. The first-order valence-electron chi connectivity index (χ1n) is 10.3. The van der Waals surface area contributed by atoms with Crippen LogP contribution in [0.2, 0.25) is 0 Å². The predicted octanol–water partition coefficient (Wildman–Crippen LogP) is 3.98. The highest BCUT2D eigenvalue weighted by atomic mass is 16.4. The van der Waals surface area contributed by atoms with E-state index in [4.69, 9.17) is 5.11 Å². The molecule has 2 heterocycles. The molecule has 6 nitrogen and oxygen atoms in total. The number of carbonyl (C=O) groups is 2. The van der Waals surface area contributed by atoms with Crippen molar-refractivity contribution in [3.8, 4) is 11.1 Å². The Labute approximate surface area is 182 Å². The van der Waals surface area contributed by atoms with Crippen molar-refractivity contribution in [1.82, 2.24) is 14.9 Å². The van der Waals surface area contributed by atoms with Crippen LogP contribution in [0.4, 0.5) is 0 Å². The number of carboxylic acids is 1. The summed E-state index contributed by atoms with van der Waals surface area (Å²) in [6.07, 6.45) is 5.28. The maximum absolute atomic E-state index is 13.0. The minimum Gasteiger partial charge on any atom is -0.481 e. The first-order chi connectivity index (χ1) is 14.9. The summed E-state index contributed by atoms with van der Waals surface area (Å²) in [5.41, 5.74) is 6.36. The number of pyridine rings is 2. The monoisotopic (exact) mass is 417 g/mol. The molecule has 6 heteroatoms. The quantitative estimate of drug-likeness (QED) is 0.599. The summed E-state index contributed by atoms with van der Waals surface area (Å²) in [6.45, 7) is 6.96. The number of carbonyl (C=O) groups excluding carboxylic acids is 1. The molecular formula is C25H27N3O3. The summed E-state index contributed by atoms with van der Waals surface area (Å²) in [5.74, 6) is -0.852. The van der Waals surface area contributed by atoms with E-state index < -0.39 is 5.97 Å². The van der Waals surface area contributed by atoms with E-state index in [2.05, 4.69) is 16.0 Å². The topological polar surface area (TPSA) is 83.4 Å². The van der Waals surface area contributed by atoms with E-state index in [0.29, 0.717) is 25.1 Å². The van der Waals surface area contributed by atoms with E-state index in [9.17, 15) is 9.59 Å². The molecule has 0 radical (unpaired) electrons. The van der Waals surface area contributed by atoms with Gasteiger partial charge in [-0.1, -0.05) is 29.8 Å². The lowest BCUT2D eigenvalue weighted by Gasteiger charge is -2.23. The third-order valence-corrected chi connectivity index (χ3v) is 5.15. The van der Waals surface area contributed by atoms with Gasteiger partial charge in [0.05, 0.1) is 12.8 Å². The van der Waals surface area contributed by atoms with Crippen molar-refractivity contribution in [3.63, 3.8) is 0 Å². The number of aromatic nitrogens is 2. The second-order valence-electron chi connectivity index (χ2n) is 7.71. The van der Waals surface area contributed by atoms with E-state index in [1.165, 1.54) is 0 Å². The molecule has 0 aliphatic carbocycles. The van der Waals surface area contributed by atoms with Crippen molar-refractivity contribution in [2.24, 2.45) is 0 Å². The second-order valence-corrected chi connectivity index (χ2v) is 7.71. The zero-order valence-corrected chi connectivity index (χ0v) is 18.1. The summed E-state index contributed by atoms with van der Waals surface area (Å²) >= 11 is 0. The smallest absolute Gasteiger partial charge is 0.307 e. The number of carboxylic acid groups (broad SMARTS) is 1. The van der Waals surface area contributed by atoms with Gasteiger partial charge in [-0.25, -0.2) is 0 Å². The third-order valence-electron chi connectivity index (χ3n) is 5.15. The molecule has 31 heavy (non-hydrogen) atoms. The Morgan fingerprint density at radius 2 is 1.77 bits per heavy atom. The number of benzene rings is 1. The van der Waals surface area contributed by atoms with E-state index in [-0.39, 0.29) is 12.3 Å². The van der Waals surface area contributed by atoms with E-state index in [1.807, 2.05) is 56.0 Å². The van der Waals surface area contributed by atoms with Gasteiger partial charge in [0.1, 0.15) is 0 Å². The van der Waals surface area contributed by atoms with Crippen molar-refractivity contribution in [2.75, 3.05) is 6.54 Å². The fourth-order valence-corrected chi connectivity index (χ4v) is 3.51. The molecule has 1 aromatic carbocycles. The average molecular weight is 418 g/mol. The number of nitrogens with zero attached hydrogens (tertiary/aromatic N) is 3. The Hall–Kier alpha value is -3.54. The molecule has 0 spiro atoms. The molecule has 0 atom stereocenters. The number of likely N-dealkylation sites (N-methyl/N-ethyl adjacent to an activating group) is 1. The van der Waals surface area contributed by atoms with Gasteiger partial charge in [-0.3, -0.25) is 19.6 Å². The molecule has 0 fully saturated rings. The summed E-state index contributed by atoms with van der Waals surface area (Å²) in [5, 5.41) is 9.09. The van der Waals surface area contributed by atoms with Gasteiger partial charge in [-0.05, 0) is 55.2 Å². The number of amides is 1. The zero-order chi connectivity index (χ0) is 22.4. The Balaban J connectivity index is 1.86.